The minimum Gasteiger partial charge on any atom is -0.388 e. The highest BCUT2D eigenvalue weighted by atomic mass is 16.2. The molecule has 0 heterocycles. The molecule has 1 unspecified atom stereocenters. The van der Waals surface area contributed by atoms with Gasteiger partial charge in [-0.1, -0.05) is 6.92 Å². The molecule has 3 N–H and O–H groups in total. The summed E-state index contributed by atoms with van der Waals surface area (Å²) in [5.41, 5.74) is 1.47. The zero-order valence-corrected chi connectivity index (χ0v) is 11.6. The van der Waals surface area contributed by atoms with Crippen LogP contribution in [-0.4, -0.2) is 31.4 Å². The quantitative estimate of drug-likeness (QED) is 0.726. The van der Waals surface area contributed by atoms with E-state index in [1.165, 1.54) is 0 Å². The van der Waals surface area contributed by atoms with Crippen molar-refractivity contribution in [2.75, 3.05) is 18.9 Å². The molecule has 0 aliphatic rings. The zero-order valence-electron chi connectivity index (χ0n) is 11.6. The van der Waals surface area contributed by atoms with Gasteiger partial charge in [0.15, 0.2) is 0 Å². The minimum atomic E-state index is -0.539. The number of amides is 2. The summed E-state index contributed by atoms with van der Waals surface area (Å²) in [5, 5.41) is 8.39. The molecule has 104 valence electrons. The first-order valence-electron chi connectivity index (χ1n) is 6.44. The highest BCUT2D eigenvalue weighted by Crippen LogP contribution is 2.08. The Labute approximate surface area is 113 Å². The van der Waals surface area contributed by atoms with Crippen LogP contribution >= 0.6 is 0 Å². The first-order chi connectivity index (χ1) is 9.08. The Balaban J connectivity index is 2.55. The van der Waals surface area contributed by atoms with E-state index in [0.717, 1.165) is 12.1 Å². The van der Waals surface area contributed by atoms with Crippen LogP contribution in [0.25, 0.3) is 0 Å². The van der Waals surface area contributed by atoms with Crippen LogP contribution in [0, 0.1) is 0 Å². The Morgan fingerprint density at radius 3 is 2.37 bits per heavy atom. The summed E-state index contributed by atoms with van der Waals surface area (Å²) < 4.78 is 0. The van der Waals surface area contributed by atoms with Crippen molar-refractivity contribution in [3.63, 3.8) is 0 Å². The molecule has 0 radical (unpaired) electrons. The summed E-state index contributed by atoms with van der Waals surface area (Å²) in [7, 11) is 1.81. The van der Waals surface area contributed by atoms with E-state index in [-0.39, 0.29) is 11.8 Å². The zero-order chi connectivity index (χ0) is 14.3. The van der Waals surface area contributed by atoms with Crippen molar-refractivity contribution in [3.8, 4) is 0 Å². The van der Waals surface area contributed by atoms with E-state index in [0.29, 0.717) is 12.1 Å². The number of rotatable bonds is 6. The highest BCUT2D eigenvalue weighted by Gasteiger charge is 2.15. The molecule has 0 saturated carbocycles. The molecule has 2 amide bonds. The molecule has 5 heteroatoms. The molecule has 0 aliphatic heterocycles. The third-order valence-electron chi connectivity index (χ3n) is 2.73. The maximum Gasteiger partial charge on any atom is 0.251 e. The van der Waals surface area contributed by atoms with Gasteiger partial charge in [0.1, 0.15) is 6.04 Å². The maximum atomic E-state index is 11.9. The van der Waals surface area contributed by atoms with Crippen molar-refractivity contribution >= 4 is 17.5 Å². The summed E-state index contributed by atoms with van der Waals surface area (Å²) >= 11 is 0. The molecule has 19 heavy (non-hydrogen) atoms. The fourth-order valence-electron chi connectivity index (χ4n) is 1.54. The van der Waals surface area contributed by atoms with Crippen LogP contribution in [0.5, 0.6) is 0 Å². The van der Waals surface area contributed by atoms with E-state index in [9.17, 15) is 9.59 Å². The molecular weight excluding hydrogens is 242 g/mol. The first-order valence-corrected chi connectivity index (χ1v) is 6.44. The predicted octanol–water partition coefficient (Wildman–Crippen LogP) is 1.37. The average molecular weight is 263 g/mol. The van der Waals surface area contributed by atoms with Gasteiger partial charge in [-0.25, -0.2) is 0 Å². The molecule has 0 fully saturated rings. The molecule has 0 bridgehead atoms. The van der Waals surface area contributed by atoms with Crippen LogP contribution in [0.3, 0.4) is 0 Å². The number of hydrogen-bond acceptors (Lipinski definition) is 3. The Bertz CT molecular complexity index is 429. The normalized spacial score (nSPS) is 11.5. The van der Waals surface area contributed by atoms with Crippen molar-refractivity contribution in [2.24, 2.45) is 0 Å². The molecular formula is C14H21N3O2. The molecule has 0 aromatic heterocycles. The van der Waals surface area contributed by atoms with Gasteiger partial charge in [-0.15, -0.1) is 0 Å². The fourth-order valence-corrected chi connectivity index (χ4v) is 1.54. The SMILES string of the molecule is CCCNC(=O)C(C)NC(=O)c1ccc(NC)cc1. The minimum absolute atomic E-state index is 0.165. The Hall–Kier alpha value is -2.04. The Morgan fingerprint density at radius 1 is 1.21 bits per heavy atom. The van der Waals surface area contributed by atoms with Gasteiger partial charge in [0.05, 0.1) is 0 Å². The van der Waals surface area contributed by atoms with Crippen LogP contribution in [0.4, 0.5) is 5.69 Å². The lowest BCUT2D eigenvalue weighted by Crippen LogP contribution is -2.44. The second-order valence-electron chi connectivity index (χ2n) is 4.31. The second kappa shape index (κ2) is 7.41. The number of nitrogens with one attached hydrogen (secondary N) is 3. The Morgan fingerprint density at radius 2 is 1.84 bits per heavy atom. The average Bonchev–Trinajstić information content (AvgIpc) is 2.44. The van der Waals surface area contributed by atoms with E-state index in [1.807, 2.05) is 26.1 Å². The molecule has 0 aliphatic carbocycles. The van der Waals surface area contributed by atoms with Gasteiger partial charge in [0.2, 0.25) is 5.91 Å². The third kappa shape index (κ3) is 4.62. The van der Waals surface area contributed by atoms with Gasteiger partial charge in [0, 0.05) is 24.8 Å². The van der Waals surface area contributed by atoms with Crippen molar-refractivity contribution < 1.29 is 9.59 Å². The smallest absolute Gasteiger partial charge is 0.251 e. The molecule has 1 rings (SSSR count). The van der Waals surface area contributed by atoms with Gasteiger partial charge in [-0.05, 0) is 37.6 Å². The summed E-state index contributed by atoms with van der Waals surface area (Å²) in [6, 6.07) is 6.53. The largest absolute Gasteiger partial charge is 0.388 e. The second-order valence-corrected chi connectivity index (χ2v) is 4.31. The van der Waals surface area contributed by atoms with Gasteiger partial charge in [-0.2, -0.15) is 0 Å². The van der Waals surface area contributed by atoms with E-state index in [2.05, 4.69) is 16.0 Å². The topological polar surface area (TPSA) is 70.2 Å². The molecule has 5 nitrogen and oxygen atoms in total. The van der Waals surface area contributed by atoms with Crippen LogP contribution in [-0.2, 0) is 4.79 Å². The van der Waals surface area contributed by atoms with Gasteiger partial charge < -0.3 is 16.0 Å². The molecule has 0 spiro atoms. The van der Waals surface area contributed by atoms with Crippen molar-refractivity contribution in [1.82, 2.24) is 10.6 Å². The lowest BCUT2D eigenvalue weighted by atomic mass is 10.2. The maximum absolute atomic E-state index is 11.9. The first kappa shape index (κ1) is 15.0. The lowest BCUT2D eigenvalue weighted by Gasteiger charge is -2.14. The van der Waals surface area contributed by atoms with Crippen molar-refractivity contribution in [1.29, 1.82) is 0 Å². The highest BCUT2D eigenvalue weighted by molar-refractivity contribution is 5.97. The summed E-state index contributed by atoms with van der Waals surface area (Å²) in [4.78, 5) is 23.6. The van der Waals surface area contributed by atoms with E-state index >= 15 is 0 Å². The number of carbonyl (C=O) groups is 2. The van der Waals surface area contributed by atoms with Crippen LogP contribution in [0.1, 0.15) is 30.6 Å². The number of carbonyl (C=O) groups excluding carboxylic acids is 2. The molecule has 1 aromatic carbocycles. The van der Waals surface area contributed by atoms with Crippen molar-refractivity contribution in [3.05, 3.63) is 29.8 Å². The fraction of sp³-hybridized carbons (Fsp3) is 0.429. The third-order valence-corrected chi connectivity index (χ3v) is 2.73. The molecule has 1 atom stereocenters. The summed E-state index contributed by atoms with van der Waals surface area (Å²) in [6.07, 6.45) is 0.873. The standard InChI is InChI=1S/C14H21N3O2/c1-4-9-16-13(18)10(2)17-14(19)11-5-7-12(15-3)8-6-11/h5-8,10,15H,4,9H2,1-3H3,(H,16,18)(H,17,19). The molecule has 0 saturated heterocycles. The monoisotopic (exact) mass is 263 g/mol. The predicted molar refractivity (Wildman–Crippen MR) is 76.2 cm³/mol. The number of hydrogen-bond donors (Lipinski definition) is 3. The summed E-state index contributed by atoms with van der Waals surface area (Å²) in [6.45, 7) is 4.27. The van der Waals surface area contributed by atoms with E-state index in [1.54, 1.807) is 19.1 Å². The van der Waals surface area contributed by atoms with Crippen molar-refractivity contribution in [2.45, 2.75) is 26.3 Å². The molecule has 1 aromatic rings. The lowest BCUT2D eigenvalue weighted by molar-refractivity contribution is -0.122. The number of anilines is 1. The number of benzene rings is 1. The van der Waals surface area contributed by atoms with Gasteiger partial charge in [0.25, 0.3) is 5.91 Å². The summed E-state index contributed by atoms with van der Waals surface area (Å²) in [5.74, 6) is -0.413. The van der Waals surface area contributed by atoms with Gasteiger partial charge in [-0.3, -0.25) is 9.59 Å². The van der Waals surface area contributed by atoms with E-state index < -0.39 is 6.04 Å². The van der Waals surface area contributed by atoms with Gasteiger partial charge >= 0.3 is 0 Å². The van der Waals surface area contributed by atoms with Crippen LogP contribution in [0.15, 0.2) is 24.3 Å². The van der Waals surface area contributed by atoms with Crippen LogP contribution in [0.2, 0.25) is 0 Å². The van der Waals surface area contributed by atoms with E-state index in [4.69, 9.17) is 0 Å². The Kier molecular flexibility index (Phi) is 5.85. The van der Waals surface area contributed by atoms with Crippen LogP contribution < -0.4 is 16.0 Å².